The lowest BCUT2D eigenvalue weighted by atomic mass is 9.95. The van der Waals surface area contributed by atoms with Crippen molar-refractivity contribution >= 4 is 23.2 Å². The van der Waals surface area contributed by atoms with E-state index >= 15 is 0 Å². The highest BCUT2D eigenvalue weighted by molar-refractivity contribution is 6.15. The van der Waals surface area contributed by atoms with Gasteiger partial charge in [0.2, 0.25) is 0 Å². The van der Waals surface area contributed by atoms with E-state index < -0.39 is 0 Å². The number of hydrogen-bond acceptors (Lipinski definition) is 4. The molecule has 2 aliphatic rings. The van der Waals surface area contributed by atoms with Crippen molar-refractivity contribution in [3.8, 4) is 0 Å². The fourth-order valence-corrected chi connectivity index (χ4v) is 4.44. The Morgan fingerprint density at radius 3 is 2.13 bits per heavy atom. The van der Waals surface area contributed by atoms with Crippen LogP contribution in [0.5, 0.6) is 0 Å². The zero-order valence-electron chi connectivity index (χ0n) is 17.8. The Morgan fingerprint density at radius 1 is 0.742 bits per heavy atom. The van der Waals surface area contributed by atoms with Crippen molar-refractivity contribution in [1.82, 2.24) is 4.98 Å². The second-order valence-electron chi connectivity index (χ2n) is 8.15. The summed E-state index contributed by atoms with van der Waals surface area (Å²) in [5, 5.41) is 0. The maximum absolute atomic E-state index is 4.80. The lowest BCUT2D eigenvalue weighted by Crippen LogP contribution is -2.46. The minimum Gasteiger partial charge on any atom is -0.368 e. The normalized spacial score (nSPS) is 18.2. The number of aromatic nitrogens is 1. The van der Waals surface area contributed by atoms with Crippen molar-refractivity contribution in [2.75, 3.05) is 42.5 Å². The van der Waals surface area contributed by atoms with Gasteiger partial charge in [0.1, 0.15) is 0 Å². The molecular weight excluding hydrogens is 380 g/mol. The third-order valence-electron chi connectivity index (χ3n) is 6.11. The number of piperazine rings is 1. The molecule has 2 aliphatic heterocycles. The Bertz CT molecular complexity index is 1050. The number of para-hydroxylation sites is 1. The number of rotatable bonds is 4. The number of aliphatic imine (C=N–C) groups is 1. The van der Waals surface area contributed by atoms with Gasteiger partial charge in [0.15, 0.2) is 0 Å². The number of anilines is 2. The maximum atomic E-state index is 4.80. The molecule has 3 heterocycles. The highest BCUT2D eigenvalue weighted by Gasteiger charge is 2.18. The molecule has 4 heteroatoms. The van der Waals surface area contributed by atoms with Crippen LogP contribution in [0, 0.1) is 0 Å². The van der Waals surface area contributed by atoms with Crippen molar-refractivity contribution in [2.24, 2.45) is 4.99 Å². The summed E-state index contributed by atoms with van der Waals surface area (Å²) in [6.07, 6.45) is 8.20. The Morgan fingerprint density at radius 2 is 1.45 bits per heavy atom. The van der Waals surface area contributed by atoms with E-state index in [9.17, 15) is 0 Å². The lowest BCUT2D eigenvalue weighted by molar-refractivity contribution is 0.653. The van der Waals surface area contributed by atoms with E-state index in [1.54, 1.807) is 0 Å². The molecule has 5 rings (SSSR count). The molecular formula is C27H28N4. The first-order valence-electron chi connectivity index (χ1n) is 11.2. The van der Waals surface area contributed by atoms with E-state index in [1.807, 2.05) is 18.5 Å². The third-order valence-corrected chi connectivity index (χ3v) is 6.11. The first-order valence-corrected chi connectivity index (χ1v) is 11.2. The Hall–Kier alpha value is -3.40. The molecule has 0 saturated carbocycles. The van der Waals surface area contributed by atoms with Crippen molar-refractivity contribution in [2.45, 2.75) is 12.8 Å². The van der Waals surface area contributed by atoms with Crippen LogP contribution in [0.25, 0.3) is 6.08 Å². The summed E-state index contributed by atoms with van der Waals surface area (Å²) >= 11 is 0. The van der Waals surface area contributed by atoms with E-state index in [2.05, 4.69) is 81.5 Å². The number of benzene rings is 2. The van der Waals surface area contributed by atoms with Crippen LogP contribution in [-0.2, 0) is 0 Å². The second-order valence-corrected chi connectivity index (χ2v) is 8.15. The molecule has 0 unspecified atom stereocenters. The molecule has 0 bridgehead atoms. The van der Waals surface area contributed by atoms with Gasteiger partial charge in [-0.1, -0.05) is 30.3 Å². The topological polar surface area (TPSA) is 31.7 Å². The van der Waals surface area contributed by atoms with Crippen molar-refractivity contribution in [1.29, 1.82) is 0 Å². The molecule has 3 aromatic rings. The molecule has 1 saturated heterocycles. The van der Waals surface area contributed by atoms with E-state index in [0.29, 0.717) is 0 Å². The predicted molar refractivity (Wildman–Crippen MR) is 130 cm³/mol. The molecule has 0 aliphatic carbocycles. The summed E-state index contributed by atoms with van der Waals surface area (Å²) in [4.78, 5) is 14.0. The van der Waals surface area contributed by atoms with E-state index in [4.69, 9.17) is 4.99 Å². The average Bonchev–Trinajstić information content (AvgIpc) is 2.86. The van der Waals surface area contributed by atoms with Gasteiger partial charge >= 0.3 is 0 Å². The van der Waals surface area contributed by atoms with Crippen LogP contribution in [0.4, 0.5) is 11.4 Å². The molecule has 156 valence electrons. The molecule has 0 amide bonds. The molecule has 1 aromatic heterocycles. The van der Waals surface area contributed by atoms with Crippen LogP contribution in [0.1, 0.15) is 24.0 Å². The Balaban J connectivity index is 1.27. The minimum absolute atomic E-state index is 0.898. The smallest absolute Gasteiger partial charge is 0.0694 e. The van der Waals surface area contributed by atoms with E-state index in [1.165, 1.54) is 22.5 Å². The monoisotopic (exact) mass is 408 g/mol. The zero-order valence-corrected chi connectivity index (χ0v) is 17.8. The SMILES string of the molecule is C(=C1CCCN=C1c1cccnc1)c1ccc(N2CCN(c3ccccc3)CC2)cc1. The summed E-state index contributed by atoms with van der Waals surface area (Å²) in [6, 6.07) is 23.8. The standard InChI is InChI=1S/C27H28N4/c1-2-8-25(9-3-1)30-16-18-31(19-17-30)26-12-10-22(11-13-26)20-23-6-5-15-29-27(23)24-7-4-14-28-21-24/h1-4,7-14,20-21H,5-6,15-19H2. The van der Waals surface area contributed by atoms with Gasteiger partial charge < -0.3 is 9.80 Å². The first-order chi connectivity index (χ1) is 15.4. The van der Waals surface area contributed by atoms with E-state index in [-0.39, 0.29) is 0 Å². The molecule has 0 N–H and O–H groups in total. The molecule has 4 nitrogen and oxygen atoms in total. The first kappa shape index (κ1) is 19.6. The summed E-state index contributed by atoms with van der Waals surface area (Å²) in [5.41, 5.74) is 7.38. The average molecular weight is 409 g/mol. The van der Waals surface area contributed by atoms with Gasteiger partial charge in [-0.2, -0.15) is 0 Å². The van der Waals surface area contributed by atoms with Crippen LogP contribution < -0.4 is 9.80 Å². The van der Waals surface area contributed by atoms with Gasteiger partial charge in [-0.25, -0.2) is 0 Å². The molecule has 0 spiro atoms. The van der Waals surface area contributed by atoms with Crippen LogP contribution in [0.15, 0.2) is 89.7 Å². The van der Waals surface area contributed by atoms with Gasteiger partial charge in [-0.05, 0) is 66.5 Å². The maximum Gasteiger partial charge on any atom is 0.0694 e. The molecule has 0 radical (unpaired) electrons. The van der Waals surface area contributed by atoms with Gasteiger partial charge in [0, 0.05) is 62.1 Å². The van der Waals surface area contributed by atoms with Gasteiger partial charge in [-0.3, -0.25) is 9.98 Å². The number of hydrogen-bond donors (Lipinski definition) is 0. The van der Waals surface area contributed by atoms with Crippen molar-refractivity contribution in [3.63, 3.8) is 0 Å². The van der Waals surface area contributed by atoms with Crippen LogP contribution in [-0.4, -0.2) is 43.4 Å². The quantitative estimate of drug-likeness (QED) is 0.604. The number of allylic oxidation sites excluding steroid dienone is 1. The van der Waals surface area contributed by atoms with Crippen molar-refractivity contribution in [3.05, 3.63) is 95.8 Å². The van der Waals surface area contributed by atoms with Gasteiger partial charge in [-0.15, -0.1) is 0 Å². The molecule has 31 heavy (non-hydrogen) atoms. The minimum atomic E-state index is 0.898. The van der Waals surface area contributed by atoms with Crippen LogP contribution in [0.3, 0.4) is 0 Å². The third kappa shape index (κ3) is 4.53. The summed E-state index contributed by atoms with van der Waals surface area (Å²) < 4.78 is 0. The second kappa shape index (κ2) is 9.17. The number of nitrogens with zero attached hydrogens (tertiary/aromatic N) is 4. The highest BCUT2D eigenvalue weighted by Crippen LogP contribution is 2.24. The largest absolute Gasteiger partial charge is 0.368 e. The van der Waals surface area contributed by atoms with Crippen molar-refractivity contribution < 1.29 is 0 Å². The fraction of sp³-hybridized carbons (Fsp3) is 0.259. The highest BCUT2D eigenvalue weighted by atomic mass is 15.3. The van der Waals surface area contributed by atoms with Crippen LogP contribution in [0.2, 0.25) is 0 Å². The summed E-state index contributed by atoms with van der Waals surface area (Å²) in [6.45, 7) is 5.11. The fourth-order valence-electron chi connectivity index (χ4n) is 4.44. The van der Waals surface area contributed by atoms with Gasteiger partial charge in [0.05, 0.1) is 5.71 Å². The zero-order chi connectivity index (χ0) is 20.9. The Labute approximate surface area is 184 Å². The molecule has 2 aromatic carbocycles. The van der Waals surface area contributed by atoms with E-state index in [0.717, 1.165) is 56.8 Å². The number of pyridine rings is 1. The predicted octanol–water partition coefficient (Wildman–Crippen LogP) is 5.07. The molecule has 0 atom stereocenters. The van der Waals surface area contributed by atoms with Crippen LogP contribution >= 0.6 is 0 Å². The summed E-state index contributed by atoms with van der Waals surface area (Å²) in [7, 11) is 0. The Kier molecular flexibility index (Phi) is 5.79. The lowest BCUT2D eigenvalue weighted by Gasteiger charge is -2.37. The molecule has 1 fully saturated rings. The van der Waals surface area contributed by atoms with Gasteiger partial charge in [0.25, 0.3) is 0 Å². The summed E-state index contributed by atoms with van der Waals surface area (Å²) in [5.74, 6) is 0.